The zero-order chi connectivity index (χ0) is 21.0. The quantitative estimate of drug-likeness (QED) is 0.483. The summed E-state index contributed by atoms with van der Waals surface area (Å²) in [6, 6.07) is 7.64. The van der Waals surface area contributed by atoms with Crippen molar-refractivity contribution in [1.29, 1.82) is 0 Å². The number of rotatable bonds is 12. The lowest BCUT2D eigenvalue weighted by molar-refractivity contribution is -0.139. The normalized spacial score (nSPS) is 17.3. The van der Waals surface area contributed by atoms with Gasteiger partial charge in [0.1, 0.15) is 11.4 Å². The zero-order valence-corrected chi connectivity index (χ0v) is 18.7. The fourth-order valence-corrected chi connectivity index (χ4v) is 3.82. The van der Waals surface area contributed by atoms with Crippen LogP contribution in [0, 0.1) is 0 Å². The summed E-state index contributed by atoms with van der Waals surface area (Å²) in [7, 11) is 0. The molecule has 1 aliphatic rings. The maximum Gasteiger partial charge on any atom is 0.256 e. The Bertz CT molecular complexity index is 582. The maximum absolute atomic E-state index is 12.7. The highest BCUT2D eigenvalue weighted by atomic mass is 16.5. The number of hydrogen-bond donors (Lipinski definition) is 1. The maximum atomic E-state index is 12.7. The van der Waals surface area contributed by atoms with Crippen LogP contribution in [0.4, 0.5) is 5.69 Å². The highest BCUT2D eigenvalue weighted by Gasteiger charge is 2.33. The summed E-state index contributed by atoms with van der Waals surface area (Å²) in [4.78, 5) is 15.3. The largest absolute Gasteiger partial charge is 0.494 e. The second kappa shape index (κ2) is 12.9. The van der Waals surface area contributed by atoms with Crippen molar-refractivity contribution >= 4 is 11.6 Å². The highest BCUT2D eigenvalue weighted by Crippen LogP contribution is 2.23. The number of benzene rings is 1. The molecule has 0 radical (unpaired) electrons. The predicted octanol–water partition coefficient (Wildman–Crippen LogP) is 5.26. The van der Waals surface area contributed by atoms with Crippen LogP contribution in [0.2, 0.25) is 0 Å². The van der Waals surface area contributed by atoms with E-state index in [0.717, 1.165) is 50.3 Å². The number of likely N-dealkylation sites (tertiary alicyclic amines) is 1. The van der Waals surface area contributed by atoms with Gasteiger partial charge in [-0.05, 0) is 76.9 Å². The van der Waals surface area contributed by atoms with E-state index in [1.165, 1.54) is 38.8 Å². The number of unbranched alkanes of at least 4 members (excludes halogenated alkanes) is 1. The van der Waals surface area contributed by atoms with Crippen LogP contribution in [0.15, 0.2) is 24.3 Å². The third-order valence-corrected chi connectivity index (χ3v) is 5.65. The van der Waals surface area contributed by atoms with E-state index in [9.17, 15) is 4.79 Å². The first-order valence-corrected chi connectivity index (χ1v) is 11.5. The van der Waals surface area contributed by atoms with Crippen LogP contribution in [0.25, 0.3) is 0 Å². The standard InChI is InChI=1S/C24H40N2O3/c1-4-6-16-24(3,29-5-2)23(27)25-21-12-14-22(15-13-21)28-20-11-19-26-17-9-7-8-10-18-26/h12-15H,4-11,16-20H2,1-3H3,(H,25,27)/t24-/m0/s1. The predicted molar refractivity (Wildman–Crippen MR) is 120 cm³/mol. The van der Waals surface area contributed by atoms with Gasteiger partial charge in [-0.3, -0.25) is 4.79 Å². The molecule has 1 fully saturated rings. The molecule has 29 heavy (non-hydrogen) atoms. The van der Waals surface area contributed by atoms with Crippen LogP contribution >= 0.6 is 0 Å². The smallest absolute Gasteiger partial charge is 0.256 e. The van der Waals surface area contributed by atoms with E-state index in [4.69, 9.17) is 9.47 Å². The topological polar surface area (TPSA) is 50.8 Å². The molecule has 1 atom stereocenters. The molecule has 2 rings (SSSR count). The fourth-order valence-electron chi connectivity index (χ4n) is 3.82. The van der Waals surface area contributed by atoms with Gasteiger partial charge in [-0.15, -0.1) is 0 Å². The highest BCUT2D eigenvalue weighted by molar-refractivity contribution is 5.97. The van der Waals surface area contributed by atoms with Gasteiger partial charge < -0.3 is 19.7 Å². The molecule has 1 N–H and O–H groups in total. The van der Waals surface area contributed by atoms with Crippen LogP contribution in [0.1, 0.15) is 72.1 Å². The lowest BCUT2D eigenvalue weighted by Gasteiger charge is -2.28. The number of carbonyl (C=O) groups excluding carboxylic acids is 1. The lowest BCUT2D eigenvalue weighted by Crippen LogP contribution is -2.42. The number of amides is 1. The summed E-state index contributed by atoms with van der Waals surface area (Å²) in [5.41, 5.74) is -0.0119. The summed E-state index contributed by atoms with van der Waals surface area (Å²) in [5.74, 6) is 0.760. The number of anilines is 1. The first kappa shape index (κ1) is 23.7. The zero-order valence-electron chi connectivity index (χ0n) is 18.7. The number of ether oxygens (including phenoxy) is 2. The number of carbonyl (C=O) groups is 1. The summed E-state index contributed by atoms with van der Waals surface area (Å²) >= 11 is 0. The van der Waals surface area contributed by atoms with Crippen molar-refractivity contribution in [3.05, 3.63) is 24.3 Å². The van der Waals surface area contributed by atoms with E-state index < -0.39 is 5.60 Å². The molecule has 164 valence electrons. The molecule has 1 saturated heterocycles. The molecular formula is C24H40N2O3. The van der Waals surface area contributed by atoms with E-state index in [1.54, 1.807) is 0 Å². The molecular weight excluding hydrogens is 364 g/mol. The van der Waals surface area contributed by atoms with Gasteiger partial charge in [-0.1, -0.05) is 32.6 Å². The molecule has 0 spiro atoms. The van der Waals surface area contributed by atoms with E-state index in [-0.39, 0.29) is 5.91 Å². The minimum Gasteiger partial charge on any atom is -0.494 e. The Morgan fingerprint density at radius 1 is 1.07 bits per heavy atom. The van der Waals surface area contributed by atoms with Crippen molar-refractivity contribution in [2.45, 2.75) is 77.7 Å². The molecule has 1 aliphatic heterocycles. The first-order chi connectivity index (χ1) is 14.1. The van der Waals surface area contributed by atoms with Gasteiger partial charge in [0.05, 0.1) is 6.61 Å². The third-order valence-electron chi connectivity index (χ3n) is 5.65. The third kappa shape index (κ3) is 8.35. The number of nitrogens with zero attached hydrogens (tertiary/aromatic N) is 1. The minimum absolute atomic E-state index is 0.0843. The van der Waals surface area contributed by atoms with Gasteiger partial charge in [0.2, 0.25) is 0 Å². The van der Waals surface area contributed by atoms with Crippen LogP contribution in [0.3, 0.4) is 0 Å². The number of hydrogen-bond acceptors (Lipinski definition) is 4. The molecule has 0 aromatic heterocycles. The van der Waals surface area contributed by atoms with Gasteiger partial charge in [0.25, 0.3) is 5.91 Å². The fraction of sp³-hybridized carbons (Fsp3) is 0.708. The van der Waals surface area contributed by atoms with Crippen molar-refractivity contribution in [3.63, 3.8) is 0 Å². The van der Waals surface area contributed by atoms with Gasteiger partial charge >= 0.3 is 0 Å². The Labute approximate surface area is 177 Å². The molecule has 1 aromatic carbocycles. The summed E-state index contributed by atoms with van der Waals surface area (Å²) in [6.45, 7) is 10.7. The molecule has 5 heteroatoms. The van der Waals surface area contributed by atoms with Crippen molar-refractivity contribution in [1.82, 2.24) is 4.90 Å². The summed E-state index contributed by atoms with van der Waals surface area (Å²) < 4.78 is 11.7. The molecule has 1 heterocycles. The van der Waals surface area contributed by atoms with Gasteiger partial charge in [-0.2, -0.15) is 0 Å². The van der Waals surface area contributed by atoms with E-state index in [2.05, 4.69) is 17.1 Å². The van der Waals surface area contributed by atoms with E-state index in [1.807, 2.05) is 38.1 Å². The molecule has 1 amide bonds. The molecule has 0 saturated carbocycles. The molecule has 0 aliphatic carbocycles. The Morgan fingerprint density at radius 2 is 1.76 bits per heavy atom. The van der Waals surface area contributed by atoms with Gasteiger partial charge in [0, 0.05) is 18.8 Å². The molecule has 1 aromatic rings. The van der Waals surface area contributed by atoms with E-state index in [0.29, 0.717) is 6.61 Å². The Morgan fingerprint density at radius 3 is 2.38 bits per heavy atom. The van der Waals surface area contributed by atoms with Crippen molar-refractivity contribution < 1.29 is 14.3 Å². The Balaban J connectivity index is 1.76. The monoisotopic (exact) mass is 404 g/mol. The average molecular weight is 405 g/mol. The summed E-state index contributed by atoms with van der Waals surface area (Å²) in [6.07, 6.45) is 9.18. The van der Waals surface area contributed by atoms with Crippen LogP contribution < -0.4 is 10.1 Å². The van der Waals surface area contributed by atoms with Crippen LogP contribution in [-0.4, -0.2) is 49.3 Å². The van der Waals surface area contributed by atoms with Crippen LogP contribution in [-0.2, 0) is 9.53 Å². The molecule has 0 unspecified atom stereocenters. The van der Waals surface area contributed by atoms with Crippen molar-refractivity contribution in [2.75, 3.05) is 38.2 Å². The first-order valence-electron chi connectivity index (χ1n) is 11.5. The SMILES string of the molecule is CCCC[C@](C)(OCC)C(=O)Nc1ccc(OCCCN2CCCCCC2)cc1. The second-order valence-corrected chi connectivity index (χ2v) is 8.20. The minimum atomic E-state index is -0.784. The second-order valence-electron chi connectivity index (χ2n) is 8.20. The Kier molecular flexibility index (Phi) is 10.5. The molecule has 0 bridgehead atoms. The summed E-state index contributed by atoms with van der Waals surface area (Å²) in [5, 5.41) is 2.99. The lowest BCUT2D eigenvalue weighted by atomic mass is 9.97. The van der Waals surface area contributed by atoms with E-state index >= 15 is 0 Å². The Hall–Kier alpha value is -1.59. The van der Waals surface area contributed by atoms with Crippen LogP contribution in [0.5, 0.6) is 5.75 Å². The van der Waals surface area contributed by atoms with Crippen molar-refractivity contribution in [2.24, 2.45) is 0 Å². The number of nitrogens with one attached hydrogen (secondary N) is 1. The van der Waals surface area contributed by atoms with Gasteiger partial charge in [0.15, 0.2) is 0 Å². The van der Waals surface area contributed by atoms with Crippen molar-refractivity contribution in [3.8, 4) is 5.75 Å². The van der Waals surface area contributed by atoms with Gasteiger partial charge in [-0.25, -0.2) is 0 Å². The average Bonchev–Trinajstić information content (AvgIpc) is 3.00. The molecule has 5 nitrogen and oxygen atoms in total.